The van der Waals surface area contributed by atoms with Crippen LogP contribution in [0.25, 0.3) is 0 Å². The van der Waals surface area contributed by atoms with Crippen molar-refractivity contribution in [1.82, 2.24) is 4.90 Å². The van der Waals surface area contributed by atoms with E-state index < -0.39 is 0 Å². The first-order valence-corrected chi connectivity index (χ1v) is 8.01. The molecule has 1 aliphatic heterocycles. The Hall–Kier alpha value is -1.59. The maximum absolute atomic E-state index is 12.3. The molecule has 5 nitrogen and oxygen atoms in total. The van der Waals surface area contributed by atoms with Crippen molar-refractivity contribution in [3.8, 4) is 0 Å². The highest BCUT2D eigenvalue weighted by Crippen LogP contribution is 2.13. The second-order valence-electron chi connectivity index (χ2n) is 5.83. The van der Waals surface area contributed by atoms with E-state index in [0.717, 1.165) is 30.8 Å². The molecule has 0 spiro atoms. The summed E-state index contributed by atoms with van der Waals surface area (Å²) in [5.41, 5.74) is 0.709. The zero-order valence-electron chi connectivity index (χ0n) is 13.1. The quantitative estimate of drug-likeness (QED) is 0.842. The molecule has 120 valence electrons. The molecule has 2 amide bonds. The average molecular weight is 325 g/mol. The molecule has 1 aliphatic rings. The molecule has 1 aromatic carbocycles. The van der Waals surface area contributed by atoms with Gasteiger partial charge in [0, 0.05) is 23.8 Å². The molecular weight excluding hydrogens is 302 g/mol. The van der Waals surface area contributed by atoms with E-state index >= 15 is 0 Å². The Balaban J connectivity index is 1.84. The summed E-state index contributed by atoms with van der Waals surface area (Å²) in [6.07, 6.45) is 2.16. The van der Waals surface area contributed by atoms with Crippen molar-refractivity contribution in [2.75, 3.05) is 32.0 Å². The van der Waals surface area contributed by atoms with Gasteiger partial charge in [-0.15, -0.1) is 0 Å². The van der Waals surface area contributed by atoms with Gasteiger partial charge in [-0.05, 0) is 44.0 Å². The number of nitrogens with one attached hydrogen (secondary N) is 2. The van der Waals surface area contributed by atoms with Gasteiger partial charge >= 0.3 is 0 Å². The Morgan fingerprint density at radius 1 is 1.27 bits per heavy atom. The van der Waals surface area contributed by atoms with Crippen molar-refractivity contribution < 1.29 is 14.5 Å². The molecule has 0 saturated carbocycles. The number of likely N-dealkylation sites (N-methyl/N-ethyl adjacent to an activating group) is 1. The first-order valence-electron chi connectivity index (χ1n) is 7.64. The monoisotopic (exact) mass is 324 g/mol. The molecule has 1 aromatic rings. The minimum absolute atomic E-state index is 0.110. The lowest BCUT2D eigenvalue weighted by Crippen LogP contribution is -3.15. The van der Waals surface area contributed by atoms with Gasteiger partial charge in [0.25, 0.3) is 11.8 Å². The van der Waals surface area contributed by atoms with Crippen molar-refractivity contribution in [3.63, 3.8) is 0 Å². The second-order valence-corrected chi connectivity index (χ2v) is 6.27. The normalized spacial score (nSPS) is 17.1. The highest BCUT2D eigenvalue weighted by Gasteiger charge is 2.29. The molecule has 0 aliphatic carbocycles. The van der Waals surface area contributed by atoms with Crippen LogP contribution in [0.1, 0.15) is 19.8 Å². The lowest BCUT2D eigenvalue weighted by Gasteiger charge is -2.24. The Morgan fingerprint density at radius 3 is 2.45 bits per heavy atom. The van der Waals surface area contributed by atoms with Gasteiger partial charge in [0.1, 0.15) is 0 Å². The highest BCUT2D eigenvalue weighted by molar-refractivity contribution is 6.30. The number of nitrogens with zero attached hydrogens (tertiary/aromatic N) is 1. The largest absolute Gasteiger partial charge is 0.338 e. The van der Waals surface area contributed by atoms with Crippen molar-refractivity contribution in [2.24, 2.45) is 0 Å². The molecule has 1 unspecified atom stereocenters. The molecule has 2 atom stereocenters. The number of hydrogen-bond acceptors (Lipinski definition) is 2. The van der Waals surface area contributed by atoms with Gasteiger partial charge in [-0.2, -0.15) is 0 Å². The molecule has 22 heavy (non-hydrogen) atoms. The molecule has 6 heteroatoms. The average Bonchev–Trinajstić information content (AvgIpc) is 3.02. The van der Waals surface area contributed by atoms with Gasteiger partial charge in [0.05, 0.1) is 7.05 Å². The van der Waals surface area contributed by atoms with Crippen LogP contribution in [0.5, 0.6) is 0 Å². The zero-order valence-corrected chi connectivity index (χ0v) is 13.8. The third-order valence-corrected chi connectivity index (χ3v) is 4.35. The Labute approximate surface area is 136 Å². The second kappa shape index (κ2) is 7.61. The molecule has 0 aromatic heterocycles. The van der Waals surface area contributed by atoms with Gasteiger partial charge in [-0.3, -0.25) is 9.59 Å². The number of carbonyl (C=O) groups is 2. The number of likely N-dealkylation sites (tertiary alicyclic amines) is 1. The molecule has 1 heterocycles. The number of anilines is 1. The number of halogens is 1. The summed E-state index contributed by atoms with van der Waals surface area (Å²) in [6, 6.07) is 6.76. The minimum Gasteiger partial charge on any atom is -0.338 e. The van der Waals surface area contributed by atoms with Gasteiger partial charge in [0.15, 0.2) is 12.6 Å². The fraction of sp³-hybridized carbons (Fsp3) is 0.500. The van der Waals surface area contributed by atoms with Crippen molar-refractivity contribution >= 4 is 29.1 Å². The van der Waals surface area contributed by atoms with Crippen LogP contribution in [0.15, 0.2) is 24.3 Å². The predicted octanol–water partition coefficient (Wildman–Crippen LogP) is 0.804. The van der Waals surface area contributed by atoms with Gasteiger partial charge in [0.2, 0.25) is 0 Å². The summed E-state index contributed by atoms with van der Waals surface area (Å²) < 4.78 is 0. The lowest BCUT2D eigenvalue weighted by atomic mass is 10.2. The Bertz CT molecular complexity index is 527. The molecular formula is C16H23ClN3O2+. The molecule has 2 rings (SSSR count). The van der Waals surface area contributed by atoms with Crippen LogP contribution in [0.3, 0.4) is 0 Å². The number of hydrogen-bond donors (Lipinski definition) is 2. The third-order valence-electron chi connectivity index (χ3n) is 4.09. The maximum Gasteiger partial charge on any atom is 0.280 e. The highest BCUT2D eigenvalue weighted by atomic mass is 35.5. The van der Waals surface area contributed by atoms with Crippen LogP contribution >= 0.6 is 11.6 Å². The van der Waals surface area contributed by atoms with Crippen LogP contribution in [0.2, 0.25) is 5.02 Å². The van der Waals surface area contributed by atoms with E-state index in [4.69, 9.17) is 11.6 Å². The lowest BCUT2D eigenvalue weighted by molar-refractivity contribution is -0.886. The Kier molecular flexibility index (Phi) is 5.80. The topological polar surface area (TPSA) is 53.9 Å². The Morgan fingerprint density at radius 2 is 1.86 bits per heavy atom. The molecule has 0 bridgehead atoms. The smallest absolute Gasteiger partial charge is 0.280 e. The number of quaternary nitrogens is 1. The van der Waals surface area contributed by atoms with Crippen molar-refractivity contribution in [1.29, 1.82) is 0 Å². The number of benzene rings is 1. The fourth-order valence-corrected chi connectivity index (χ4v) is 2.69. The van der Waals surface area contributed by atoms with Crippen molar-refractivity contribution in [3.05, 3.63) is 29.3 Å². The van der Waals surface area contributed by atoms with E-state index in [9.17, 15) is 9.59 Å². The van der Waals surface area contributed by atoms with E-state index in [1.807, 2.05) is 18.9 Å². The van der Waals surface area contributed by atoms with E-state index in [-0.39, 0.29) is 24.4 Å². The van der Waals surface area contributed by atoms with E-state index in [1.165, 1.54) is 0 Å². The number of amides is 2. The van der Waals surface area contributed by atoms with E-state index in [2.05, 4.69) is 5.32 Å². The van der Waals surface area contributed by atoms with Crippen molar-refractivity contribution in [2.45, 2.75) is 25.8 Å². The predicted molar refractivity (Wildman–Crippen MR) is 87.1 cm³/mol. The number of rotatable bonds is 5. The standard InChI is InChI=1S/C16H22ClN3O2/c1-12(16(22)20-9-3-4-10-20)19(2)11-15(21)18-14-7-5-13(17)6-8-14/h5-8,12H,3-4,9-11H2,1-2H3,(H,18,21)/p+1/t12-/m1/s1. The van der Waals surface area contributed by atoms with E-state index in [0.29, 0.717) is 10.7 Å². The molecule has 0 radical (unpaired) electrons. The van der Waals surface area contributed by atoms with Gasteiger partial charge < -0.3 is 15.1 Å². The summed E-state index contributed by atoms with van der Waals surface area (Å²) in [5, 5.41) is 3.45. The summed E-state index contributed by atoms with van der Waals surface area (Å²) in [4.78, 5) is 27.2. The van der Waals surface area contributed by atoms with Gasteiger partial charge in [-0.1, -0.05) is 11.6 Å². The minimum atomic E-state index is -0.214. The first kappa shape index (κ1) is 16.8. The molecule has 1 saturated heterocycles. The SMILES string of the molecule is C[C@H](C(=O)N1CCCC1)[NH+](C)CC(=O)Nc1ccc(Cl)cc1. The van der Waals surface area contributed by atoms with Crippen LogP contribution < -0.4 is 10.2 Å². The summed E-state index contributed by atoms with van der Waals surface area (Å²) in [7, 11) is 1.88. The van der Waals surface area contributed by atoms with Gasteiger partial charge in [-0.25, -0.2) is 0 Å². The summed E-state index contributed by atoms with van der Waals surface area (Å²) in [6.45, 7) is 3.82. The number of carbonyl (C=O) groups excluding carboxylic acids is 2. The first-order chi connectivity index (χ1) is 10.5. The fourth-order valence-electron chi connectivity index (χ4n) is 2.57. The van der Waals surface area contributed by atoms with E-state index in [1.54, 1.807) is 24.3 Å². The third kappa shape index (κ3) is 4.45. The van der Waals surface area contributed by atoms with Crippen LogP contribution in [0, 0.1) is 0 Å². The maximum atomic E-state index is 12.3. The van der Waals surface area contributed by atoms with Crippen LogP contribution in [0.4, 0.5) is 5.69 Å². The van der Waals surface area contributed by atoms with Crippen LogP contribution in [-0.2, 0) is 9.59 Å². The molecule has 1 fully saturated rings. The summed E-state index contributed by atoms with van der Waals surface area (Å²) in [5.74, 6) is 0.0233. The zero-order chi connectivity index (χ0) is 16.1. The van der Waals surface area contributed by atoms with Crippen LogP contribution in [-0.4, -0.2) is 49.4 Å². The molecule has 2 N–H and O–H groups in total. The summed E-state index contributed by atoms with van der Waals surface area (Å²) >= 11 is 5.81.